The van der Waals surface area contributed by atoms with Crippen LogP contribution in [-0.2, 0) is 0 Å². The zero-order chi connectivity index (χ0) is 11.4. The molecule has 2 heteroatoms. The van der Waals surface area contributed by atoms with Crippen molar-refractivity contribution in [3.05, 3.63) is 41.8 Å². The summed E-state index contributed by atoms with van der Waals surface area (Å²) in [5.41, 5.74) is 2.20. The number of hydrogen-bond donors (Lipinski definition) is 0. The summed E-state index contributed by atoms with van der Waals surface area (Å²) in [6.07, 6.45) is 7.34. The molecule has 0 saturated heterocycles. The van der Waals surface area contributed by atoms with Gasteiger partial charge in [0.1, 0.15) is 0 Å². The molecule has 1 aromatic carbocycles. The summed E-state index contributed by atoms with van der Waals surface area (Å²) in [6, 6.07) is 8.15. The van der Waals surface area contributed by atoms with E-state index in [-0.39, 0.29) is 5.78 Å². The number of alkyl halides is 1. The van der Waals surface area contributed by atoms with E-state index < -0.39 is 0 Å². The molecule has 0 bridgehead atoms. The Hall–Kier alpha value is -0.630. The Morgan fingerprint density at radius 1 is 1.19 bits per heavy atom. The molecule has 1 nitrogen and oxygen atoms in total. The first-order valence-corrected chi connectivity index (χ1v) is 6.94. The van der Waals surface area contributed by atoms with Crippen molar-refractivity contribution in [2.75, 3.05) is 5.33 Å². The average molecular weight is 280 g/mol. The summed E-state index contributed by atoms with van der Waals surface area (Å²) in [6.45, 7) is 0. The van der Waals surface area contributed by atoms with Crippen LogP contribution in [0.15, 0.2) is 24.3 Å². The number of carbonyl (C=O) groups excluding carboxylic acids is 1. The van der Waals surface area contributed by atoms with Crippen LogP contribution in [0.25, 0.3) is 0 Å². The van der Waals surface area contributed by atoms with Gasteiger partial charge >= 0.3 is 0 Å². The molecule has 16 heavy (non-hydrogen) atoms. The van der Waals surface area contributed by atoms with Crippen molar-refractivity contribution in [3.63, 3.8) is 0 Å². The van der Waals surface area contributed by atoms with E-state index in [4.69, 9.17) is 0 Å². The normalized spacial score (nSPS) is 17.3. The van der Waals surface area contributed by atoms with Gasteiger partial charge in [-0.1, -0.05) is 40.2 Å². The largest absolute Gasteiger partial charge is 0.293 e. The molecule has 1 fully saturated rings. The second-order valence-corrected chi connectivity index (χ2v) is 4.88. The van der Waals surface area contributed by atoms with Gasteiger partial charge in [0.05, 0.1) is 5.33 Å². The predicted octanol–water partition coefficient (Wildman–Crippen LogP) is 4.13. The third kappa shape index (κ3) is 2.73. The van der Waals surface area contributed by atoms with Crippen molar-refractivity contribution < 1.29 is 4.79 Å². The minimum atomic E-state index is 0.156. The number of hydrogen-bond acceptors (Lipinski definition) is 1. The van der Waals surface area contributed by atoms with Gasteiger partial charge in [0.2, 0.25) is 0 Å². The highest BCUT2D eigenvalue weighted by Gasteiger charge is 2.15. The maximum atomic E-state index is 11.4. The van der Waals surface area contributed by atoms with Crippen LogP contribution in [0.2, 0.25) is 0 Å². The Morgan fingerprint density at radius 2 is 1.81 bits per heavy atom. The lowest BCUT2D eigenvalue weighted by atomic mass is 9.84. The standard InChI is InChI=1S/C14H16BrO/c15-10-14(16)13-8-6-12(7-9-13)11-4-2-1-3-5-11/h1,6-9,11H,2-5,10H2. The maximum Gasteiger partial charge on any atom is 0.173 e. The first kappa shape index (κ1) is 11.8. The topological polar surface area (TPSA) is 17.1 Å². The van der Waals surface area contributed by atoms with Gasteiger partial charge in [-0.15, -0.1) is 0 Å². The highest BCUT2D eigenvalue weighted by molar-refractivity contribution is 9.09. The summed E-state index contributed by atoms with van der Waals surface area (Å²) < 4.78 is 0. The molecule has 0 N–H and O–H groups in total. The smallest absolute Gasteiger partial charge is 0.173 e. The van der Waals surface area contributed by atoms with Crippen LogP contribution < -0.4 is 0 Å². The fourth-order valence-electron chi connectivity index (χ4n) is 2.28. The number of ketones is 1. The quantitative estimate of drug-likeness (QED) is 0.601. The van der Waals surface area contributed by atoms with Gasteiger partial charge in [0, 0.05) is 5.56 Å². The molecule has 0 aromatic heterocycles. The minimum absolute atomic E-state index is 0.156. The highest BCUT2D eigenvalue weighted by Crippen LogP contribution is 2.32. The van der Waals surface area contributed by atoms with E-state index >= 15 is 0 Å². The monoisotopic (exact) mass is 279 g/mol. The summed E-state index contributed by atoms with van der Waals surface area (Å²) in [5.74, 6) is 0.849. The second kappa shape index (κ2) is 5.62. The van der Waals surface area contributed by atoms with E-state index in [0.717, 1.165) is 5.56 Å². The van der Waals surface area contributed by atoms with Crippen molar-refractivity contribution in [3.8, 4) is 0 Å². The Balaban J connectivity index is 2.09. The van der Waals surface area contributed by atoms with Gasteiger partial charge in [0.25, 0.3) is 0 Å². The number of carbonyl (C=O) groups is 1. The number of rotatable bonds is 3. The van der Waals surface area contributed by atoms with Crippen LogP contribution in [0.3, 0.4) is 0 Å². The SMILES string of the molecule is O=C(CBr)c1ccc(C2CC[CH]CC2)cc1. The molecule has 0 aliphatic heterocycles. The zero-order valence-corrected chi connectivity index (χ0v) is 10.9. The lowest BCUT2D eigenvalue weighted by Gasteiger charge is -2.21. The zero-order valence-electron chi connectivity index (χ0n) is 9.29. The number of benzene rings is 1. The molecule has 1 radical (unpaired) electrons. The van der Waals surface area contributed by atoms with E-state index in [0.29, 0.717) is 11.2 Å². The first-order valence-electron chi connectivity index (χ1n) is 5.82. The van der Waals surface area contributed by atoms with Gasteiger partial charge in [-0.3, -0.25) is 4.79 Å². The van der Waals surface area contributed by atoms with E-state index in [9.17, 15) is 4.79 Å². The van der Waals surface area contributed by atoms with Crippen molar-refractivity contribution in [1.82, 2.24) is 0 Å². The van der Waals surface area contributed by atoms with E-state index in [2.05, 4.69) is 34.5 Å². The summed E-state index contributed by atoms with van der Waals surface area (Å²) in [5, 5.41) is 0.407. The van der Waals surface area contributed by atoms with Gasteiger partial charge in [0.15, 0.2) is 5.78 Å². The maximum absolute atomic E-state index is 11.4. The molecule has 85 valence electrons. The van der Waals surface area contributed by atoms with Crippen molar-refractivity contribution >= 4 is 21.7 Å². The molecule has 0 amide bonds. The third-order valence-corrected chi connectivity index (χ3v) is 3.77. The van der Waals surface area contributed by atoms with Crippen LogP contribution >= 0.6 is 15.9 Å². The molecule has 2 rings (SSSR count). The molecule has 1 aliphatic carbocycles. The molecule has 1 saturated carbocycles. The van der Waals surface area contributed by atoms with Crippen LogP contribution in [0.5, 0.6) is 0 Å². The van der Waals surface area contributed by atoms with Crippen LogP contribution in [0.4, 0.5) is 0 Å². The lowest BCUT2D eigenvalue weighted by Crippen LogP contribution is -2.06. The highest BCUT2D eigenvalue weighted by atomic mass is 79.9. The molecule has 1 aromatic rings. The predicted molar refractivity (Wildman–Crippen MR) is 70.1 cm³/mol. The van der Waals surface area contributed by atoms with E-state index in [1.165, 1.54) is 31.2 Å². The Bertz CT molecular complexity index is 350. The summed E-state index contributed by atoms with van der Waals surface area (Å²) >= 11 is 3.19. The molecular weight excluding hydrogens is 264 g/mol. The van der Waals surface area contributed by atoms with E-state index in [1.54, 1.807) is 0 Å². The molecular formula is C14H16BrO. The fourth-order valence-corrected chi connectivity index (χ4v) is 2.60. The summed E-state index contributed by atoms with van der Waals surface area (Å²) in [4.78, 5) is 11.4. The lowest BCUT2D eigenvalue weighted by molar-refractivity contribution is 0.102. The van der Waals surface area contributed by atoms with Gasteiger partial charge in [-0.05, 0) is 43.6 Å². The number of halogens is 1. The van der Waals surface area contributed by atoms with Crippen molar-refractivity contribution in [2.24, 2.45) is 0 Å². The van der Waals surface area contributed by atoms with Gasteiger partial charge in [-0.2, -0.15) is 0 Å². The molecule has 0 spiro atoms. The van der Waals surface area contributed by atoms with Gasteiger partial charge < -0.3 is 0 Å². The van der Waals surface area contributed by atoms with Crippen molar-refractivity contribution in [2.45, 2.75) is 31.6 Å². The Kier molecular flexibility index (Phi) is 4.16. The van der Waals surface area contributed by atoms with Gasteiger partial charge in [-0.25, -0.2) is 0 Å². The summed E-state index contributed by atoms with van der Waals surface area (Å²) in [7, 11) is 0. The molecule has 0 unspecified atom stereocenters. The molecule has 1 aliphatic rings. The van der Waals surface area contributed by atoms with E-state index in [1.807, 2.05) is 12.1 Å². The first-order chi connectivity index (χ1) is 7.81. The van der Waals surface area contributed by atoms with Crippen LogP contribution in [0, 0.1) is 6.42 Å². The third-order valence-electron chi connectivity index (χ3n) is 3.26. The average Bonchev–Trinajstić information content (AvgIpc) is 2.39. The molecule has 0 heterocycles. The Morgan fingerprint density at radius 3 is 2.38 bits per heavy atom. The Labute approximate surface area is 105 Å². The number of Topliss-reactive ketones (excluding diaryl/α,β-unsaturated/α-hetero) is 1. The molecule has 0 atom stereocenters. The fraction of sp³-hybridized carbons (Fsp3) is 0.429. The van der Waals surface area contributed by atoms with Crippen molar-refractivity contribution in [1.29, 1.82) is 0 Å². The van der Waals surface area contributed by atoms with Crippen LogP contribution in [-0.4, -0.2) is 11.1 Å². The minimum Gasteiger partial charge on any atom is -0.293 e. The van der Waals surface area contributed by atoms with Crippen LogP contribution in [0.1, 0.15) is 47.5 Å². The second-order valence-electron chi connectivity index (χ2n) is 4.32.